The fourth-order valence-corrected chi connectivity index (χ4v) is 3.58. The highest BCUT2D eigenvalue weighted by molar-refractivity contribution is 4.91. The molecule has 1 heterocycles. The van der Waals surface area contributed by atoms with Crippen molar-refractivity contribution in [2.45, 2.75) is 78.3 Å². The molecule has 1 N–H and O–H groups in total. The average Bonchev–Trinajstić information content (AvgIpc) is 2.58. The van der Waals surface area contributed by atoms with Crippen molar-refractivity contribution in [1.29, 1.82) is 0 Å². The Morgan fingerprint density at radius 3 is 2.28 bits per heavy atom. The van der Waals surface area contributed by atoms with Crippen LogP contribution in [0.3, 0.4) is 0 Å². The Bertz CT molecular complexity index is 213. The first kappa shape index (κ1) is 16.0. The summed E-state index contributed by atoms with van der Waals surface area (Å²) < 4.78 is 0. The molecule has 2 nitrogen and oxygen atoms in total. The molecule has 0 aromatic heterocycles. The zero-order chi connectivity index (χ0) is 13.6. The Morgan fingerprint density at radius 1 is 1.17 bits per heavy atom. The smallest absolute Gasteiger partial charge is 0.0202 e. The second-order valence-electron chi connectivity index (χ2n) is 6.37. The van der Waals surface area contributed by atoms with Gasteiger partial charge in [0.05, 0.1) is 0 Å². The Kier molecular flexibility index (Phi) is 6.65. The van der Waals surface area contributed by atoms with Gasteiger partial charge in [0.25, 0.3) is 0 Å². The number of rotatable bonds is 6. The molecule has 1 aliphatic rings. The maximum atomic E-state index is 3.75. The van der Waals surface area contributed by atoms with Crippen LogP contribution in [0.1, 0.15) is 66.7 Å². The Balaban J connectivity index is 2.73. The molecule has 0 bridgehead atoms. The zero-order valence-corrected chi connectivity index (χ0v) is 13.3. The van der Waals surface area contributed by atoms with Crippen molar-refractivity contribution in [3.63, 3.8) is 0 Å². The van der Waals surface area contributed by atoms with Crippen molar-refractivity contribution < 1.29 is 0 Å². The van der Waals surface area contributed by atoms with Gasteiger partial charge in [-0.3, -0.25) is 4.90 Å². The summed E-state index contributed by atoms with van der Waals surface area (Å²) in [6, 6.07) is 0.691. The summed E-state index contributed by atoms with van der Waals surface area (Å²) in [6.07, 6.45) is 6.47. The van der Waals surface area contributed by atoms with E-state index in [1.807, 2.05) is 0 Å². The molecular weight excluding hydrogens is 220 g/mol. The van der Waals surface area contributed by atoms with Gasteiger partial charge in [0.2, 0.25) is 0 Å². The van der Waals surface area contributed by atoms with Crippen LogP contribution in [0.4, 0.5) is 0 Å². The molecule has 0 radical (unpaired) electrons. The lowest BCUT2D eigenvalue weighted by Crippen LogP contribution is -2.51. The number of hydrogen-bond donors (Lipinski definition) is 1. The molecule has 0 spiro atoms. The quantitative estimate of drug-likeness (QED) is 0.778. The zero-order valence-electron chi connectivity index (χ0n) is 13.3. The van der Waals surface area contributed by atoms with Crippen LogP contribution >= 0.6 is 0 Å². The lowest BCUT2D eigenvalue weighted by Gasteiger charge is -2.43. The lowest BCUT2D eigenvalue weighted by atomic mass is 9.87. The van der Waals surface area contributed by atoms with Crippen molar-refractivity contribution in [3.05, 3.63) is 0 Å². The molecule has 0 aliphatic carbocycles. The third-order valence-electron chi connectivity index (χ3n) is 4.88. The van der Waals surface area contributed by atoms with E-state index in [-0.39, 0.29) is 0 Å². The van der Waals surface area contributed by atoms with Crippen LogP contribution in [0.15, 0.2) is 0 Å². The second kappa shape index (κ2) is 7.49. The van der Waals surface area contributed by atoms with Gasteiger partial charge in [-0.2, -0.15) is 0 Å². The van der Waals surface area contributed by atoms with Crippen molar-refractivity contribution in [3.8, 4) is 0 Å². The Morgan fingerprint density at radius 2 is 1.78 bits per heavy atom. The van der Waals surface area contributed by atoms with Crippen molar-refractivity contribution in [2.24, 2.45) is 5.92 Å². The van der Waals surface area contributed by atoms with Crippen LogP contribution in [0.25, 0.3) is 0 Å². The summed E-state index contributed by atoms with van der Waals surface area (Å²) >= 11 is 0. The third kappa shape index (κ3) is 3.96. The van der Waals surface area contributed by atoms with E-state index in [4.69, 9.17) is 0 Å². The lowest BCUT2D eigenvalue weighted by molar-refractivity contribution is 0.0695. The summed E-state index contributed by atoms with van der Waals surface area (Å²) in [5.74, 6) is 0.793. The van der Waals surface area contributed by atoms with Gasteiger partial charge in [-0.15, -0.1) is 0 Å². The number of hydrogen-bond acceptors (Lipinski definition) is 2. The van der Waals surface area contributed by atoms with Crippen LogP contribution in [-0.4, -0.2) is 36.1 Å². The van der Waals surface area contributed by atoms with E-state index in [9.17, 15) is 0 Å². The molecule has 2 heteroatoms. The predicted molar refractivity (Wildman–Crippen MR) is 81.0 cm³/mol. The molecule has 0 aromatic carbocycles. The van der Waals surface area contributed by atoms with Gasteiger partial charge in [0.15, 0.2) is 0 Å². The largest absolute Gasteiger partial charge is 0.313 e. The topological polar surface area (TPSA) is 15.3 Å². The van der Waals surface area contributed by atoms with Gasteiger partial charge in [-0.25, -0.2) is 0 Å². The minimum absolute atomic E-state index is 0.446. The number of nitrogens with zero attached hydrogens (tertiary/aromatic N) is 1. The molecule has 1 rings (SSSR count). The maximum absolute atomic E-state index is 3.75. The van der Waals surface area contributed by atoms with Crippen molar-refractivity contribution in [2.75, 3.05) is 19.6 Å². The van der Waals surface area contributed by atoms with Gasteiger partial charge in [0.1, 0.15) is 0 Å². The Labute approximate surface area is 115 Å². The molecule has 1 atom stereocenters. The van der Waals surface area contributed by atoms with E-state index >= 15 is 0 Å². The minimum Gasteiger partial charge on any atom is -0.313 e. The van der Waals surface area contributed by atoms with Gasteiger partial charge < -0.3 is 5.32 Å². The van der Waals surface area contributed by atoms with Crippen LogP contribution in [0.5, 0.6) is 0 Å². The molecule has 1 saturated heterocycles. The molecule has 1 aliphatic heterocycles. The second-order valence-corrected chi connectivity index (χ2v) is 6.37. The van der Waals surface area contributed by atoms with Crippen molar-refractivity contribution in [1.82, 2.24) is 10.2 Å². The minimum atomic E-state index is 0.446. The summed E-state index contributed by atoms with van der Waals surface area (Å²) in [4.78, 5) is 2.79. The fraction of sp³-hybridized carbons (Fsp3) is 1.00. The standard InChI is InChI=1S/C16H34N2/c1-6-16(7-2,8-3)18-11-9-10-17-15(13-18)12-14(4)5/h14-15,17H,6-13H2,1-5H3. The number of nitrogens with one attached hydrogen (secondary N) is 1. The van der Waals surface area contributed by atoms with E-state index in [0.717, 1.165) is 5.92 Å². The molecule has 1 fully saturated rings. The van der Waals surface area contributed by atoms with Crippen LogP contribution < -0.4 is 5.32 Å². The Hall–Kier alpha value is -0.0800. The van der Waals surface area contributed by atoms with Gasteiger partial charge >= 0.3 is 0 Å². The van der Waals surface area contributed by atoms with E-state index in [1.54, 1.807) is 0 Å². The summed E-state index contributed by atoms with van der Waals surface area (Å²) in [7, 11) is 0. The van der Waals surface area contributed by atoms with Gasteiger partial charge in [0, 0.05) is 18.1 Å². The monoisotopic (exact) mass is 254 g/mol. The predicted octanol–water partition coefficient (Wildman–Crippen LogP) is 3.67. The average molecular weight is 254 g/mol. The molecule has 18 heavy (non-hydrogen) atoms. The van der Waals surface area contributed by atoms with Crippen LogP contribution in [-0.2, 0) is 0 Å². The van der Waals surface area contributed by atoms with Gasteiger partial charge in [-0.05, 0) is 51.1 Å². The molecule has 0 saturated carbocycles. The van der Waals surface area contributed by atoms with Crippen LogP contribution in [0.2, 0.25) is 0 Å². The van der Waals surface area contributed by atoms with E-state index in [1.165, 1.54) is 51.7 Å². The van der Waals surface area contributed by atoms with E-state index in [2.05, 4.69) is 44.8 Å². The highest BCUT2D eigenvalue weighted by Gasteiger charge is 2.33. The molecule has 0 amide bonds. The van der Waals surface area contributed by atoms with Crippen LogP contribution in [0, 0.1) is 5.92 Å². The van der Waals surface area contributed by atoms with E-state index in [0.29, 0.717) is 11.6 Å². The molecular formula is C16H34N2. The van der Waals surface area contributed by atoms with Crippen molar-refractivity contribution >= 4 is 0 Å². The summed E-state index contributed by atoms with van der Waals surface area (Å²) in [5, 5.41) is 3.75. The van der Waals surface area contributed by atoms with E-state index < -0.39 is 0 Å². The maximum Gasteiger partial charge on any atom is 0.0202 e. The summed E-state index contributed by atoms with van der Waals surface area (Å²) in [5.41, 5.74) is 0.446. The SMILES string of the molecule is CCC(CC)(CC)N1CCCNC(CC(C)C)C1. The highest BCUT2D eigenvalue weighted by Crippen LogP contribution is 2.29. The normalized spacial score (nSPS) is 23.3. The molecule has 1 unspecified atom stereocenters. The highest BCUT2D eigenvalue weighted by atomic mass is 15.2. The third-order valence-corrected chi connectivity index (χ3v) is 4.88. The first-order chi connectivity index (χ1) is 8.57. The fourth-order valence-electron chi connectivity index (χ4n) is 3.58. The molecule has 108 valence electrons. The first-order valence-electron chi connectivity index (χ1n) is 8.06. The first-order valence-corrected chi connectivity index (χ1v) is 8.06. The molecule has 0 aromatic rings. The summed E-state index contributed by atoms with van der Waals surface area (Å²) in [6.45, 7) is 15.5. The van der Waals surface area contributed by atoms with Gasteiger partial charge in [-0.1, -0.05) is 34.6 Å².